The predicted molar refractivity (Wildman–Crippen MR) is 102 cm³/mol. The molecule has 3 aliphatic rings. The molecule has 162 valence electrons. The minimum atomic E-state index is -5.22. The van der Waals surface area contributed by atoms with Gasteiger partial charge in [-0.25, -0.2) is 8.42 Å². The SMILES string of the molecule is CCNC(=NCC1CCN(S(=O)(=O)C(F)(F)F)CC1)N1CCC2(CCCC2)C1. The Labute approximate surface area is 165 Å². The lowest BCUT2D eigenvalue weighted by atomic mass is 9.86. The Hall–Kier alpha value is -1.03. The number of nitrogens with zero attached hydrogens (tertiary/aromatic N) is 3. The zero-order valence-electron chi connectivity index (χ0n) is 16.5. The smallest absolute Gasteiger partial charge is 0.357 e. The van der Waals surface area contributed by atoms with E-state index in [0.717, 1.165) is 25.6 Å². The van der Waals surface area contributed by atoms with Gasteiger partial charge >= 0.3 is 15.5 Å². The summed E-state index contributed by atoms with van der Waals surface area (Å²) in [4.78, 5) is 7.07. The van der Waals surface area contributed by atoms with Crippen LogP contribution in [0.5, 0.6) is 0 Å². The van der Waals surface area contributed by atoms with Gasteiger partial charge in [-0.15, -0.1) is 0 Å². The molecule has 2 saturated heterocycles. The summed E-state index contributed by atoms with van der Waals surface area (Å²) >= 11 is 0. The highest BCUT2D eigenvalue weighted by molar-refractivity contribution is 7.90. The lowest BCUT2D eigenvalue weighted by Gasteiger charge is -2.31. The topological polar surface area (TPSA) is 65.0 Å². The summed E-state index contributed by atoms with van der Waals surface area (Å²) in [5.41, 5.74) is -4.78. The van der Waals surface area contributed by atoms with Crippen molar-refractivity contribution in [2.24, 2.45) is 16.3 Å². The van der Waals surface area contributed by atoms with Gasteiger partial charge in [0, 0.05) is 39.3 Å². The van der Waals surface area contributed by atoms with E-state index in [1.165, 1.54) is 32.1 Å². The molecule has 1 saturated carbocycles. The Kier molecular flexibility index (Phi) is 6.48. The van der Waals surface area contributed by atoms with Gasteiger partial charge in [-0.05, 0) is 50.4 Å². The number of hydrogen-bond acceptors (Lipinski definition) is 3. The normalized spacial score (nSPS) is 25.0. The van der Waals surface area contributed by atoms with Gasteiger partial charge in [0.1, 0.15) is 0 Å². The highest BCUT2D eigenvalue weighted by atomic mass is 32.2. The van der Waals surface area contributed by atoms with Crippen LogP contribution in [0.4, 0.5) is 13.2 Å². The number of nitrogens with one attached hydrogen (secondary N) is 1. The zero-order chi connectivity index (χ0) is 20.4. The van der Waals surface area contributed by atoms with Gasteiger partial charge in [0.05, 0.1) is 0 Å². The van der Waals surface area contributed by atoms with Gasteiger partial charge < -0.3 is 10.2 Å². The van der Waals surface area contributed by atoms with Crippen molar-refractivity contribution in [3.05, 3.63) is 0 Å². The first-order valence-electron chi connectivity index (χ1n) is 10.3. The van der Waals surface area contributed by atoms with E-state index in [4.69, 9.17) is 4.99 Å². The van der Waals surface area contributed by atoms with Gasteiger partial charge in [0.25, 0.3) is 0 Å². The predicted octanol–water partition coefficient (Wildman–Crippen LogP) is 2.78. The van der Waals surface area contributed by atoms with Gasteiger partial charge in [-0.2, -0.15) is 17.5 Å². The summed E-state index contributed by atoms with van der Waals surface area (Å²) in [7, 11) is -5.21. The number of hydrogen-bond donors (Lipinski definition) is 1. The number of rotatable bonds is 4. The fourth-order valence-corrected chi connectivity index (χ4v) is 5.75. The van der Waals surface area contributed by atoms with E-state index in [0.29, 0.717) is 29.1 Å². The molecule has 6 nitrogen and oxygen atoms in total. The minimum Gasteiger partial charge on any atom is -0.357 e. The molecule has 3 rings (SSSR count). The van der Waals surface area contributed by atoms with Crippen LogP contribution in [0.3, 0.4) is 0 Å². The molecule has 10 heteroatoms. The first kappa shape index (κ1) is 21.7. The third-order valence-electron chi connectivity index (χ3n) is 6.44. The van der Waals surface area contributed by atoms with Crippen molar-refractivity contribution in [3.8, 4) is 0 Å². The van der Waals surface area contributed by atoms with Crippen LogP contribution in [0.2, 0.25) is 0 Å². The minimum absolute atomic E-state index is 0.0919. The number of halogens is 3. The molecule has 0 bridgehead atoms. The molecule has 1 aliphatic carbocycles. The average molecular weight is 425 g/mol. The van der Waals surface area contributed by atoms with Crippen molar-refractivity contribution >= 4 is 16.0 Å². The van der Waals surface area contributed by atoms with E-state index < -0.39 is 15.5 Å². The van der Waals surface area contributed by atoms with Crippen molar-refractivity contribution in [2.75, 3.05) is 39.3 Å². The largest absolute Gasteiger partial charge is 0.511 e. The van der Waals surface area contributed by atoms with Crippen molar-refractivity contribution in [2.45, 2.75) is 57.4 Å². The second-order valence-electron chi connectivity index (χ2n) is 8.37. The van der Waals surface area contributed by atoms with Crippen LogP contribution in [-0.2, 0) is 10.0 Å². The molecule has 28 heavy (non-hydrogen) atoms. The number of guanidine groups is 1. The van der Waals surface area contributed by atoms with Gasteiger partial charge in [-0.1, -0.05) is 12.8 Å². The number of sulfonamides is 1. The van der Waals surface area contributed by atoms with Crippen LogP contribution in [0, 0.1) is 11.3 Å². The summed E-state index contributed by atoms with van der Waals surface area (Å²) in [6, 6.07) is 0. The van der Waals surface area contributed by atoms with Gasteiger partial charge in [-0.3, -0.25) is 4.99 Å². The Morgan fingerprint density at radius 1 is 1.14 bits per heavy atom. The lowest BCUT2D eigenvalue weighted by Crippen LogP contribution is -2.45. The summed E-state index contributed by atoms with van der Waals surface area (Å²) in [5.74, 6) is 0.994. The molecular weight excluding hydrogens is 393 g/mol. The van der Waals surface area contributed by atoms with E-state index in [1.54, 1.807) is 0 Å². The second-order valence-corrected chi connectivity index (χ2v) is 10.3. The molecule has 1 N–H and O–H groups in total. The van der Waals surface area contributed by atoms with E-state index in [-0.39, 0.29) is 19.0 Å². The van der Waals surface area contributed by atoms with E-state index in [9.17, 15) is 21.6 Å². The van der Waals surface area contributed by atoms with Crippen LogP contribution in [0.25, 0.3) is 0 Å². The Morgan fingerprint density at radius 2 is 1.79 bits per heavy atom. The molecule has 2 heterocycles. The van der Waals surface area contributed by atoms with Gasteiger partial charge in [0.15, 0.2) is 5.96 Å². The fraction of sp³-hybridized carbons (Fsp3) is 0.944. The Bertz CT molecular complexity index is 667. The molecule has 0 radical (unpaired) electrons. The maximum atomic E-state index is 12.7. The van der Waals surface area contributed by atoms with E-state index in [1.807, 2.05) is 6.92 Å². The number of likely N-dealkylation sites (tertiary alicyclic amines) is 1. The van der Waals surface area contributed by atoms with Crippen molar-refractivity contribution in [3.63, 3.8) is 0 Å². The molecule has 0 aromatic heterocycles. The molecule has 1 spiro atoms. The van der Waals surface area contributed by atoms with Crippen molar-refractivity contribution < 1.29 is 21.6 Å². The standard InChI is InChI=1S/C18H31F3N4O2S/c1-2-22-16(24-12-9-17(14-24)7-3-4-8-17)23-13-15-5-10-25(11-6-15)28(26,27)18(19,20)21/h15H,2-14H2,1H3,(H,22,23). The van der Waals surface area contributed by atoms with Crippen LogP contribution in [0.1, 0.15) is 51.9 Å². The maximum absolute atomic E-state index is 12.7. The monoisotopic (exact) mass is 424 g/mol. The molecule has 0 aromatic rings. The molecule has 2 aliphatic heterocycles. The molecule has 0 unspecified atom stereocenters. The first-order valence-corrected chi connectivity index (χ1v) is 11.7. The highest BCUT2D eigenvalue weighted by Gasteiger charge is 2.50. The third kappa shape index (κ3) is 4.58. The van der Waals surface area contributed by atoms with Crippen LogP contribution < -0.4 is 5.32 Å². The summed E-state index contributed by atoms with van der Waals surface area (Å²) in [6.07, 6.45) is 7.20. The Balaban J connectivity index is 1.55. The Morgan fingerprint density at radius 3 is 2.36 bits per heavy atom. The van der Waals surface area contributed by atoms with Crippen LogP contribution >= 0.6 is 0 Å². The molecule has 0 atom stereocenters. The first-order chi connectivity index (χ1) is 13.2. The van der Waals surface area contributed by atoms with E-state index >= 15 is 0 Å². The summed E-state index contributed by atoms with van der Waals surface area (Å²) < 4.78 is 61.7. The highest BCUT2D eigenvalue weighted by Crippen LogP contribution is 2.45. The summed E-state index contributed by atoms with van der Waals surface area (Å²) in [6.45, 7) is 5.15. The molecule has 0 amide bonds. The van der Waals surface area contributed by atoms with E-state index in [2.05, 4.69) is 10.2 Å². The fourth-order valence-electron chi connectivity index (χ4n) is 4.77. The number of alkyl halides is 3. The average Bonchev–Trinajstić information content (AvgIpc) is 3.28. The van der Waals surface area contributed by atoms with Crippen molar-refractivity contribution in [1.29, 1.82) is 0 Å². The maximum Gasteiger partial charge on any atom is 0.511 e. The zero-order valence-corrected chi connectivity index (χ0v) is 17.3. The molecule has 0 aromatic carbocycles. The quantitative estimate of drug-likeness (QED) is 0.557. The number of aliphatic imine (C=N–C) groups is 1. The lowest BCUT2D eigenvalue weighted by molar-refractivity contribution is -0.0496. The van der Waals surface area contributed by atoms with Crippen molar-refractivity contribution in [1.82, 2.24) is 14.5 Å². The third-order valence-corrected chi connectivity index (χ3v) is 8.07. The van der Waals surface area contributed by atoms with Crippen LogP contribution in [0.15, 0.2) is 4.99 Å². The van der Waals surface area contributed by atoms with Gasteiger partial charge in [0.2, 0.25) is 0 Å². The second kappa shape index (κ2) is 8.38. The molecular formula is C18H31F3N4O2S. The summed E-state index contributed by atoms with van der Waals surface area (Å²) in [5, 5.41) is 3.34. The van der Waals surface area contributed by atoms with Crippen LogP contribution in [-0.4, -0.2) is 68.4 Å². The molecule has 3 fully saturated rings. The number of piperidine rings is 1.